The first-order valence-electron chi connectivity index (χ1n) is 6.43. The molecule has 2 unspecified atom stereocenters. The molecule has 0 aromatic heterocycles. The minimum absolute atomic E-state index is 0.0857. The van der Waals surface area contributed by atoms with Crippen LogP contribution in [0.2, 0.25) is 0 Å². The van der Waals surface area contributed by atoms with Crippen LogP contribution in [0.25, 0.3) is 0 Å². The fourth-order valence-electron chi connectivity index (χ4n) is 2.21. The quantitative estimate of drug-likeness (QED) is 0.900. The third-order valence-electron chi connectivity index (χ3n) is 3.42. The van der Waals surface area contributed by atoms with Crippen molar-refractivity contribution in [3.63, 3.8) is 0 Å². The molecule has 2 rings (SSSR count). The van der Waals surface area contributed by atoms with Crippen molar-refractivity contribution in [1.82, 2.24) is 10.2 Å². The minimum Gasteiger partial charge on any atom is -0.322 e. The summed E-state index contributed by atoms with van der Waals surface area (Å²) < 4.78 is 13.3. The van der Waals surface area contributed by atoms with E-state index in [1.54, 1.807) is 17.8 Å². The molecule has 1 fully saturated rings. The molecule has 19 heavy (non-hydrogen) atoms. The van der Waals surface area contributed by atoms with E-state index in [2.05, 4.69) is 18.5 Å². The number of carbonyl (C=O) groups excluding carboxylic acids is 1. The SMILES string of the molecule is CSC(C)CCN1C(=O)CNC1c1cccc(F)c1. The highest BCUT2D eigenvalue weighted by Crippen LogP contribution is 2.24. The van der Waals surface area contributed by atoms with Gasteiger partial charge in [-0.2, -0.15) is 11.8 Å². The molecule has 3 nitrogen and oxygen atoms in total. The van der Waals surface area contributed by atoms with Crippen molar-refractivity contribution in [2.45, 2.75) is 24.8 Å². The topological polar surface area (TPSA) is 32.3 Å². The van der Waals surface area contributed by atoms with Crippen LogP contribution in [-0.2, 0) is 4.79 Å². The van der Waals surface area contributed by atoms with E-state index in [1.165, 1.54) is 12.1 Å². The fourth-order valence-corrected chi connectivity index (χ4v) is 2.55. The van der Waals surface area contributed by atoms with E-state index >= 15 is 0 Å². The van der Waals surface area contributed by atoms with Crippen LogP contribution < -0.4 is 5.32 Å². The van der Waals surface area contributed by atoms with Crippen LogP contribution in [0.5, 0.6) is 0 Å². The molecule has 1 N–H and O–H groups in total. The number of thioether (sulfide) groups is 1. The number of nitrogens with zero attached hydrogens (tertiary/aromatic N) is 1. The molecule has 0 aliphatic carbocycles. The van der Waals surface area contributed by atoms with Crippen molar-refractivity contribution in [2.75, 3.05) is 19.3 Å². The van der Waals surface area contributed by atoms with Gasteiger partial charge in [0, 0.05) is 11.8 Å². The maximum atomic E-state index is 13.3. The molecule has 1 aromatic carbocycles. The van der Waals surface area contributed by atoms with E-state index in [0.717, 1.165) is 12.0 Å². The lowest BCUT2D eigenvalue weighted by Crippen LogP contribution is -2.32. The normalized spacial score (nSPS) is 20.9. The smallest absolute Gasteiger partial charge is 0.238 e. The lowest BCUT2D eigenvalue weighted by molar-refractivity contribution is -0.128. The average Bonchev–Trinajstić information content (AvgIpc) is 2.77. The highest BCUT2D eigenvalue weighted by atomic mass is 32.2. The summed E-state index contributed by atoms with van der Waals surface area (Å²) in [5.41, 5.74) is 0.808. The molecular weight excluding hydrogens is 263 g/mol. The molecule has 1 aliphatic heterocycles. The van der Waals surface area contributed by atoms with E-state index in [1.807, 2.05) is 11.0 Å². The van der Waals surface area contributed by atoms with Crippen LogP contribution in [0.15, 0.2) is 24.3 Å². The van der Waals surface area contributed by atoms with Crippen LogP contribution >= 0.6 is 11.8 Å². The van der Waals surface area contributed by atoms with E-state index in [4.69, 9.17) is 0 Å². The van der Waals surface area contributed by atoms with Gasteiger partial charge in [0.05, 0.1) is 6.54 Å². The van der Waals surface area contributed by atoms with Crippen LogP contribution in [0, 0.1) is 5.82 Å². The van der Waals surface area contributed by atoms with Crippen molar-refractivity contribution in [3.8, 4) is 0 Å². The molecule has 1 aliphatic rings. The van der Waals surface area contributed by atoms with Gasteiger partial charge in [-0.15, -0.1) is 0 Å². The van der Waals surface area contributed by atoms with Gasteiger partial charge >= 0.3 is 0 Å². The molecule has 0 spiro atoms. The number of hydrogen-bond acceptors (Lipinski definition) is 3. The van der Waals surface area contributed by atoms with Gasteiger partial charge < -0.3 is 4.90 Å². The Morgan fingerprint density at radius 2 is 2.37 bits per heavy atom. The Morgan fingerprint density at radius 1 is 1.58 bits per heavy atom. The zero-order chi connectivity index (χ0) is 13.8. The predicted octanol–water partition coefficient (Wildman–Crippen LogP) is 2.40. The van der Waals surface area contributed by atoms with E-state index in [9.17, 15) is 9.18 Å². The third kappa shape index (κ3) is 3.48. The van der Waals surface area contributed by atoms with Gasteiger partial charge in [-0.05, 0) is 30.4 Å². The van der Waals surface area contributed by atoms with E-state index in [-0.39, 0.29) is 17.9 Å². The summed E-state index contributed by atoms with van der Waals surface area (Å²) in [6, 6.07) is 6.43. The molecule has 5 heteroatoms. The zero-order valence-corrected chi connectivity index (χ0v) is 12.0. The molecular formula is C14H19FN2OS. The summed E-state index contributed by atoms with van der Waals surface area (Å²) in [4.78, 5) is 13.7. The van der Waals surface area contributed by atoms with Crippen molar-refractivity contribution in [3.05, 3.63) is 35.6 Å². The highest BCUT2D eigenvalue weighted by molar-refractivity contribution is 7.99. The van der Waals surface area contributed by atoms with Gasteiger partial charge in [0.15, 0.2) is 0 Å². The van der Waals surface area contributed by atoms with Crippen molar-refractivity contribution < 1.29 is 9.18 Å². The van der Waals surface area contributed by atoms with Crippen LogP contribution in [0.1, 0.15) is 25.1 Å². The number of rotatable bonds is 5. The Hall–Kier alpha value is -1.07. The number of halogens is 1. The van der Waals surface area contributed by atoms with Crippen molar-refractivity contribution in [1.29, 1.82) is 0 Å². The van der Waals surface area contributed by atoms with E-state index in [0.29, 0.717) is 18.3 Å². The molecule has 1 aromatic rings. The van der Waals surface area contributed by atoms with Gasteiger partial charge in [0.25, 0.3) is 0 Å². The summed E-state index contributed by atoms with van der Waals surface area (Å²) in [5, 5.41) is 3.66. The first-order chi connectivity index (χ1) is 9.11. The maximum absolute atomic E-state index is 13.3. The fraction of sp³-hybridized carbons (Fsp3) is 0.500. The maximum Gasteiger partial charge on any atom is 0.238 e. The van der Waals surface area contributed by atoms with Gasteiger partial charge in [0.1, 0.15) is 12.0 Å². The van der Waals surface area contributed by atoms with Gasteiger partial charge in [0.2, 0.25) is 5.91 Å². The number of nitrogens with one attached hydrogen (secondary N) is 1. The van der Waals surface area contributed by atoms with Gasteiger partial charge in [-0.1, -0.05) is 19.1 Å². The number of carbonyl (C=O) groups is 1. The second-order valence-electron chi connectivity index (χ2n) is 4.76. The van der Waals surface area contributed by atoms with Crippen LogP contribution in [-0.4, -0.2) is 35.4 Å². The molecule has 1 saturated heterocycles. The molecule has 2 atom stereocenters. The first-order valence-corrected chi connectivity index (χ1v) is 7.71. The van der Waals surface area contributed by atoms with Crippen molar-refractivity contribution >= 4 is 17.7 Å². The summed E-state index contributed by atoms with van der Waals surface area (Å²) >= 11 is 1.79. The van der Waals surface area contributed by atoms with Gasteiger partial charge in [-0.25, -0.2) is 4.39 Å². The molecule has 1 heterocycles. The Morgan fingerprint density at radius 3 is 3.05 bits per heavy atom. The summed E-state index contributed by atoms with van der Waals surface area (Å²) in [7, 11) is 0. The standard InChI is InChI=1S/C14H19FN2OS/c1-10(19-2)6-7-17-13(18)9-16-14(17)11-4-3-5-12(15)8-11/h3-5,8,10,14,16H,6-7,9H2,1-2H3. The summed E-state index contributed by atoms with van der Waals surface area (Å²) in [6.45, 7) is 3.18. The molecule has 0 radical (unpaired) electrons. The number of hydrogen-bond donors (Lipinski definition) is 1. The molecule has 1 amide bonds. The largest absolute Gasteiger partial charge is 0.322 e. The van der Waals surface area contributed by atoms with Crippen molar-refractivity contribution in [2.24, 2.45) is 0 Å². The Labute approximate surface area is 117 Å². The molecule has 104 valence electrons. The Bertz CT molecular complexity index is 455. The third-order valence-corrected chi connectivity index (χ3v) is 4.46. The predicted molar refractivity (Wildman–Crippen MR) is 76.5 cm³/mol. The Balaban J connectivity index is 2.08. The second-order valence-corrected chi connectivity index (χ2v) is 6.04. The second kappa shape index (κ2) is 6.39. The monoisotopic (exact) mass is 282 g/mol. The van der Waals surface area contributed by atoms with Gasteiger partial charge in [-0.3, -0.25) is 10.1 Å². The van der Waals surface area contributed by atoms with Crippen LogP contribution in [0.3, 0.4) is 0 Å². The minimum atomic E-state index is -0.268. The number of benzene rings is 1. The Kier molecular flexibility index (Phi) is 4.82. The summed E-state index contributed by atoms with van der Waals surface area (Å²) in [5.74, 6) is -0.182. The van der Waals surface area contributed by atoms with E-state index < -0.39 is 0 Å². The average molecular weight is 282 g/mol. The molecule has 0 saturated carbocycles. The number of amides is 1. The van der Waals surface area contributed by atoms with Crippen LogP contribution in [0.4, 0.5) is 4.39 Å². The molecule has 0 bridgehead atoms. The summed E-state index contributed by atoms with van der Waals surface area (Å²) in [6.07, 6.45) is 2.82. The first kappa shape index (κ1) is 14.3. The lowest BCUT2D eigenvalue weighted by Gasteiger charge is -2.25. The lowest BCUT2D eigenvalue weighted by atomic mass is 10.1. The zero-order valence-electron chi connectivity index (χ0n) is 11.2. The highest BCUT2D eigenvalue weighted by Gasteiger charge is 2.31.